The summed E-state index contributed by atoms with van der Waals surface area (Å²) in [7, 11) is 0. The number of rotatable bonds is 6. The van der Waals surface area contributed by atoms with Gasteiger partial charge in [-0.05, 0) is 36.8 Å². The first-order valence-electron chi connectivity index (χ1n) is 6.25. The summed E-state index contributed by atoms with van der Waals surface area (Å²) in [6.07, 6.45) is 2.20. The van der Waals surface area contributed by atoms with Gasteiger partial charge in [0.15, 0.2) is 0 Å². The third-order valence-electron chi connectivity index (χ3n) is 2.50. The summed E-state index contributed by atoms with van der Waals surface area (Å²) < 4.78 is 11.4. The average molecular weight is 241 g/mol. The summed E-state index contributed by atoms with van der Waals surface area (Å²) in [5.74, 6) is 2.44. The Morgan fingerprint density at radius 2 is 1.78 bits per heavy atom. The highest BCUT2D eigenvalue weighted by Crippen LogP contribution is 2.24. The van der Waals surface area contributed by atoms with Crippen molar-refractivity contribution in [3.05, 3.63) is 54.6 Å². The van der Waals surface area contributed by atoms with Crippen molar-refractivity contribution in [2.45, 2.75) is 19.8 Å². The van der Waals surface area contributed by atoms with Crippen molar-refractivity contribution in [1.82, 2.24) is 0 Å². The van der Waals surface area contributed by atoms with Gasteiger partial charge in [-0.25, -0.2) is 0 Å². The van der Waals surface area contributed by atoms with Gasteiger partial charge in [-0.15, -0.1) is 0 Å². The van der Waals surface area contributed by atoms with Gasteiger partial charge in [0, 0.05) is 6.07 Å². The maximum Gasteiger partial charge on any atom is 0.131 e. The molecule has 0 aromatic heterocycles. The van der Waals surface area contributed by atoms with E-state index < -0.39 is 0 Å². The van der Waals surface area contributed by atoms with E-state index in [-0.39, 0.29) is 0 Å². The van der Waals surface area contributed by atoms with Crippen LogP contribution in [-0.2, 0) is 0 Å². The van der Waals surface area contributed by atoms with E-state index in [2.05, 4.69) is 13.0 Å². The van der Waals surface area contributed by atoms with Gasteiger partial charge >= 0.3 is 0 Å². The molecule has 1 radical (unpaired) electrons. The molecule has 2 aromatic rings. The van der Waals surface area contributed by atoms with E-state index >= 15 is 0 Å². The predicted octanol–water partition coefficient (Wildman–Crippen LogP) is 4.46. The van der Waals surface area contributed by atoms with Gasteiger partial charge in [0.2, 0.25) is 0 Å². The first-order valence-corrected chi connectivity index (χ1v) is 6.25. The molecule has 0 fully saturated rings. The van der Waals surface area contributed by atoms with E-state index in [0.717, 1.165) is 36.7 Å². The summed E-state index contributed by atoms with van der Waals surface area (Å²) >= 11 is 0. The van der Waals surface area contributed by atoms with Crippen molar-refractivity contribution in [2.24, 2.45) is 0 Å². The average Bonchev–Trinajstić information content (AvgIpc) is 2.41. The molecule has 93 valence electrons. The number of ether oxygens (including phenoxy) is 2. The standard InChI is InChI=1S/C16H17O2/c1-2-3-12-17-15-10-7-11-16(13-15)18-14-8-5-4-6-9-14/h5-11,13H,2-3,12H2,1H3. The van der Waals surface area contributed by atoms with Crippen molar-refractivity contribution in [3.8, 4) is 17.2 Å². The molecule has 18 heavy (non-hydrogen) atoms. The Hall–Kier alpha value is -1.96. The highest BCUT2D eigenvalue weighted by Gasteiger charge is 1.99. The molecule has 0 saturated carbocycles. The normalized spacial score (nSPS) is 10.1. The van der Waals surface area contributed by atoms with Crippen LogP contribution < -0.4 is 9.47 Å². The van der Waals surface area contributed by atoms with Gasteiger partial charge in [-0.3, -0.25) is 0 Å². The molecule has 0 spiro atoms. The zero-order chi connectivity index (χ0) is 12.6. The van der Waals surface area contributed by atoms with E-state index in [1.165, 1.54) is 0 Å². The Morgan fingerprint density at radius 3 is 2.56 bits per heavy atom. The summed E-state index contributed by atoms with van der Waals surface area (Å²) in [6.45, 7) is 2.90. The molecule has 0 amide bonds. The predicted molar refractivity (Wildman–Crippen MR) is 72.2 cm³/mol. The molecule has 0 unspecified atom stereocenters. The molecule has 0 aliphatic heterocycles. The third-order valence-corrected chi connectivity index (χ3v) is 2.50. The van der Waals surface area contributed by atoms with Gasteiger partial charge in [0.1, 0.15) is 17.2 Å². The first kappa shape index (κ1) is 12.5. The molecule has 0 atom stereocenters. The van der Waals surface area contributed by atoms with E-state index in [4.69, 9.17) is 9.47 Å². The van der Waals surface area contributed by atoms with Crippen LogP contribution in [0.3, 0.4) is 0 Å². The third kappa shape index (κ3) is 3.81. The quantitative estimate of drug-likeness (QED) is 0.695. The number of hydrogen-bond donors (Lipinski definition) is 0. The minimum Gasteiger partial charge on any atom is -0.493 e. The van der Waals surface area contributed by atoms with Crippen LogP contribution in [0.15, 0.2) is 48.5 Å². The van der Waals surface area contributed by atoms with Crippen molar-refractivity contribution < 1.29 is 9.47 Å². The number of unbranched alkanes of at least 4 members (excludes halogenated alkanes) is 1. The van der Waals surface area contributed by atoms with Crippen molar-refractivity contribution in [1.29, 1.82) is 0 Å². The van der Waals surface area contributed by atoms with Crippen LogP contribution in [0.1, 0.15) is 19.8 Å². The lowest BCUT2D eigenvalue weighted by Gasteiger charge is -2.08. The molecule has 0 aliphatic rings. The van der Waals surface area contributed by atoms with Crippen molar-refractivity contribution >= 4 is 0 Å². The van der Waals surface area contributed by atoms with Crippen LogP contribution >= 0.6 is 0 Å². The first-order chi connectivity index (χ1) is 8.88. The fourth-order valence-electron chi connectivity index (χ4n) is 1.54. The SMILES string of the molecule is CCCCOc1cccc(Oc2cc[c]cc2)c1. The highest BCUT2D eigenvalue weighted by molar-refractivity contribution is 5.36. The van der Waals surface area contributed by atoms with Crippen LogP contribution in [0.25, 0.3) is 0 Å². The van der Waals surface area contributed by atoms with Crippen LogP contribution in [0.5, 0.6) is 17.2 Å². The van der Waals surface area contributed by atoms with E-state index in [9.17, 15) is 0 Å². The second-order valence-corrected chi connectivity index (χ2v) is 4.01. The number of hydrogen-bond acceptors (Lipinski definition) is 2. The van der Waals surface area contributed by atoms with Crippen LogP contribution in [0.4, 0.5) is 0 Å². The van der Waals surface area contributed by atoms with E-state index in [1.807, 2.05) is 48.5 Å². The molecule has 0 aliphatic carbocycles. The second kappa shape index (κ2) is 6.70. The summed E-state index contributed by atoms with van der Waals surface area (Å²) in [5.41, 5.74) is 0. The monoisotopic (exact) mass is 241 g/mol. The summed E-state index contributed by atoms with van der Waals surface area (Å²) in [5, 5.41) is 0. The zero-order valence-corrected chi connectivity index (χ0v) is 10.6. The Balaban J connectivity index is 1.99. The molecule has 2 heteroatoms. The van der Waals surface area contributed by atoms with Gasteiger partial charge in [0.25, 0.3) is 0 Å². The summed E-state index contributed by atoms with van der Waals surface area (Å²) in [6, 6.07) is 18.1. The highest BCUT2D eigenvalue weighted by atomic mass is 16.5. The Morgan fingerprint density at radius 1 is 1.00 bits per heavy atom. The molecular formula is C16H17O2. The topological polar surface area (TPSA) is 18.5 Å². The maximum absolute atomic E-state index is 5.73. The Bertz CT molecular complexity index is 466. The van der Waals surface area contributed by atoms with E-state index in [1.54, 1.807) is 0 Å². The minimum atomic E-state index is 0.750. The Labute approximate surface area is 108 Å². The molecule has 0 heterocycles. The van der Waals surface area contributed by atoms with Gasteiger partial charge in [-0.2, -0.15) is 0 Å². The summed E-state index contributed by atoms with van der Waals surface area (Å²) in [4.78, 5) is 0. The molecule has 0 saturated heterocycles. The number of benzene rings is 2. The molecule has 2 nitrogen and oxygen atoms in total. The maximum atomic E-state index is 5.73. The van der Waals surface area contributed by atoms with Crippen LogP contribution in [0.2, 0.25) is 0 Å². The lowest BCUT2D eigenvalue weighted by Crippen LogP contribution is -1.96. The van der Waals surface area contributed by atoms with Crippen LogP contribution in [0, 0.1) is 6.07 Å². The lowest BCUT2D eigenvalue weighted by molar-refractivity contribution is 0.308. The molecule has 2 rings (SSSR count). The molecule has 2 aromatic carbocycles. The largest absolute Gasteiger partial charge is 0.493 e. The Kier molecular flexibility index (Phi) is 4.65. The smallest absolute Gasteiger partial charge is 0.131 e. The van der Waals surface area contributed by atoms with E-state index in [0.29, 0.717) is 0 Å². The van der Waals surface area contributed by atoms with Gasteiger partial charge in [0.05, 0.1) is 6.61 Å². The second-order valence-electron chi connectivity index (χ2n) is 4.01. The van der Waals surface area contributed by atoms with Crippen molar-refractivity contribution in [3.63, 3.8) is 0 Å². The van der Waals surface area contributed by atoms with Crippen LogP contribution in [-0.4, -0.2) is 6.61 Å². The van der Waals surface area contributed by atoms with Gasteiger partial charge in [-0.1, -0.05) is 31.5 Å². The van der Waals surface area contributed by atoms with Gasteiger partial charge < -0.3 is 9.47 Å². The minimum absolute atomic E-state index is 0.750. The molecule has 0 N–H and O–H groups in total. The zero-order valence-electron chi connectivity index (χ0n) is 10.6. The fraction of sp³-hybridized carbons (Fsp3) is 0.250. The molecular weight excluding hydrogens is 224 g/mol. The fourth-order valence-corrected chi connectivity index (χ4v) is 1.54. The molecule has 0 bridgehead atoms. The lowest BCUT2D eigenvalue weighted by atomic mass is 10.3. The van der Waals surface area contributed by atoms with Crippen molar-refractivity contribution in [2.75, 3.05) is 6.61 Å².